The van der Waals surface area contributed by atoms with E-state index in [1.54, 1.807) is 12.1 Å². The molecule has 0 saturated carbocycles. The second-order valence-corrected chi connectivity index (χ2v) is 5.52. The van der Waals surface area contributed by atoms with E-state index in [1.807, 2.05) is 24.3 Å². The molecule has 8 heteroatoms. The predicted octanol–water partition coefficient (Wildman–Crippen LogP) is 2.51. The number of guanidine groups is 1. The number of nitrogens with two attached hydrogens (primary N) is 2. The number of aliphatic imine (C=N–C) groups is 1. The summed E-state index contributed by atoms with van der Waals surface area (Å²) < 4.78 is 0. The molecular formula is C17H14ClLiN4O2. The van der Waals surface area contributed by atoms with E-state index < -0.39 is 5.97 Å². The third-order valence-electron chi connectivity index (χ3n) is 3.50. The average Bonchev–Trinajstić information content (AvgIpc) is 2.57. The number of hydrogen-bond donors (Lipinski definition) is 3. The Bertz CT molecular complexity index is 988. The summed E-state index contributed by atoms with van der Waals surface area (Å²) in [6.07, 6.45) is 1.48. The summed E-state index contributed by atoms with van der Waals surface area (Å²) in [5.41, 5.74) is 12.7. The van der Waals surface area contributed by atoms with E-state index in [0.717, 1.165) is 16.5 Å². The van der Waals surface area contributed by atoms with Crippen molar-refractivity contribution in [3.8, 4) is 11.1 Å². The van der Waals surface area contributed by atoms with Crippen LogP contribution in [0.5, 0.6) is 0 Å². The van der Waals surface area contributed by atoms with E-state index in [0.29, 0.717) is 16.2 Å². The zero-order chi connectivity index (χ0) is 17.3. The van der Waals surface area contributed by atoms with Gasteiger partial charge in [-0.3, -0.25) is 0 Å². The zero-order valence-corrected chi connectivity index (χ0v) is 13.2. The first-order valence-corrected chi connectivity index (χ1v) is 7.35. The van der Waals surface area contributed by atoms with Crippen LogP contribution in [0, 0.1) is 0 Å². The Kier molecular flexibility index (Phi) is 5.70. The van der Waals surface area contributed by atoms with Crippen molar-refractivity contribution in [1.82, 2.24) is 4.98 Å². The number of aromatic nitrogens is 1. The molecule has 25 heavy (non-hydrogen) atoms. The maximum atomic E-state index is 11.1. The van der Waals surface area contributed by atoms with E-state index in [-0.39, 0.29) is 30.4 Å². The molecule has 0 fully saturated rings. The maximum absolute atomic E-state index is 11.1. The molecule has 122 valence electrons. The predicted molar refractivity (Wildman–Crippen MR) is 102 cm³/mol. The molecule has 0 atom stereocenters. The second-order valence-electron chi connectivity index (χ2n) is 5.11. The van der Waals surface area contributed by atoms with Gasteiger partial charge >= 0.3 is 24.8 Å². The second kappa shape index (κ2) is 7.58. The van der Waals surface area contributed by atoms with Crippen LogP contribution in [-0.2, 0) is 0 Å². The van der Waals surface area contributed by atoms with Crippen molar-refractivity contribution in [1.29, 1.82) is 0 Å². The van der Waals surface area contributed by atoms with Crippen LogP contribution >= 0.6 is 11.6 Å². The van der Waals surface area contributed by atoms with Gasteiger partial charge in [0, 0.05) is 17.0 Å². The minimum absolute atomic E-state index is 0. The topological polar surface area (TPSA) is 115 Å². The Morgan fingerprint density at radius 3 is 2.48 bits per heavy atom. The molecule has 2 aromatic carbocycles. The van der Waals surface area contributed by atoms with Gasteiger partial charge in [-0.1, -0.05) is 35.9 Å². The molecule has 0 saturated heterocycles. The summed E-state index contributed by atoms with van der Waals surface area (Å²) in [6.45, 7) is 0. The first-order valence-electron chi connectivity index (χ1n) is 6.97. The number of fused-ring (bicyclic) bond motifs is 1. The Balaban J connectivity index is 0.00000225. The minimum atomic E-state index is -0.983. The summed E-state index contributed by atoms with van der Waals surface area (Å²) >= 11 is 6.18. The van der Waals surface area contributed by atoms with Crippen LogP contribution in [0.25, 0.3) is 21.9 Å². The monoisotopic (exact) mass is 348 g/mol. The number of carboxylic acids is 1. The third-order valence-corrected chi connectivity index (χ3v) is 3.80. The Morgan fingerprint density at radius 2 is 1.80 bits per heavy atom. The SMILES string of the molecule is NC(N)=Nc1ncc(Cl)c2ccc(-c3cccc(C(=O)O)c3)cc12.[LiH]. The quantitative estimate of drug-likeness (QED) is 0.382. The van der Waals surface area contributed by atoms with Gasteiger partial charge in [0.15, 0.2) is 11.8 Å². The van der Waals surface area contributed by atoms with Crippen molar-refractivity contribution in [2.45, 2.75) is 0 Å². The number of rotatable bonds is 3. The van der Waals surface area contributed by atoms with E-state index in [4.69, 9.17) is 28.2 Å². The van der Waals surface area contributed by atoms with Gasteiger partial charge in [-0.15, -0.1) is 0 Å². The number of carboxylic acid groups (broad SMARTS) is 1. The number of benzene rings is 2. The van der Waals surface area contributed by atoms with Crippen molar-refractivity contribution in [3.05, 3.63) is 59.2 Å². The molecule has 0 bridgehead atoms. The molecule has 3 aromatic rings. The fraction of sp³-hybridized carbons (Fsp3) is 0. The van der Waals surface area contributed by atoms with Gasteiger partial charge in [0.05, 0.1) is 10.6 Å². The Hall–Kier alpha value is -2.52. The molecular weight excluding hydrogens is 335 g/mol. The number of halogens is 1. The molecule has 6 nitrogen and oxygen atoms in total. The third kappa shape index (κ3) is 3.94. The fourth-order valence-corrected chi connectivity index (χ4v) is 2.63. The van der Waals surface area contributed by atoms with Crippen LogP contribution in [0.15, 0.2) is 53.7 Å². The zero-order valence-electron chi connectivity index (χ0n) is 12.4. The first-order chi connectivity index (χ1) is 11.5. The van der Waals surface area contributed by atoms with Gasteiger partial charge in [0.2, 0.25) is 0 Å². The van der Waals surface area contributed by atoms with Crippen molar-refractivity contribution in [2.24, 2.45) is 16.5 Å². The molecule has 0 amide bonds. The van der Waals surface area contributed by atoms with E-state index in [1.165, 1.54) is 12.3 Å². The molecule has 0 spiro atoms. The van der Waals surface area contributed by atoms with Gasteiger partial charge in [-0.2, -0.15) is 4.99 Å². The van der Waals surface area contributed by atoms with Crippen LogP contribution in [0.2, 0.25) is 5.02 Å². The van der Waals surface area contributed by atoms with Crippen LogP contribution in [0.4, 0.5) is 5.82 Å². The van der Waals surface area contributed by atoms with E-state index in [2.05, 4.69) is 9.98 Å². The molecule has 0 radical (unpaired) electrons. The number of hydrogen-bond acceptors (Lipinski definition) is 3. The van der Waals surface area contributed by atoms with Crippen LogP contribution in [0.3, 0.4) is 0 Å². The van der Waals surface area contributed by atoms with Crippen LogP contribution in [-0.4, -0.2) is 40.9 Å². The summed E-state index contributed by atoms with van der Waals surface area (Å²) in [4.78, 5) is 19.3. The molecule has 3 rings (SSSR count). The normalized spacial score (nSPS) is 10.1. The molecule has 5 N–H and O–H groups in total. The van der Waals surface area contributed by atoms with E-state index in [9.17, 15) is 4.79 Å². The van der Waals surface area contributed by atoms with Gasteiger partial charge < -0.3 is 16.6 Å². The van der Waals surface area contributed by atoms with Gasteiger partial charge in [-0.25, -0.2) is 9.78 Å². The Labute approximate surface area is 160 Å². The molecule has 0 aliphatic heterocycles. The summed E-state index contributed by atoms with van der Waals surface area (Å²) in [7, 11) is 0. The van der Waals surface area contributed by atoms with Gasteiger partial charge in [-0.05, 0) is 29.3 Å². The van der Waals surface area contributed by atoms with E-state index >= 15 is 0 Å². The fourth-order valence-electron chi connectivity index (χ4n) is 2.42. The molecule has 1 aromatic heterocycles. The molecule has 1 heterocycles. The summed E-state index contributed by atoms with van der Waals surface area (Å²) in [5.74, 6) is -0.737. The van der Waals surface area contributed by atoms with Crippen molar-refractivity contribution in [3.63, 3.8) is 0 Å². The summed E-state index contributed by atoms with van der Waals surface area (Å²) in [5, 5.41) is 11.0. The average molecular weight is 349 g/mol. The number of carbonyl (C=O) groups is 1. The Morgan fingerprint density at radius 1 is 1.08 bits per heavy atom. The number of aromatic carboxylic acids is 1. The molecule has 0 unspecified atom stereocenters. The summed E-state index contributed by atoms with van der Waals surface area (Å²) in [6, 6.07) is 12.2. The van der Waals surface area contributed by atoms with Crippen LogP contribution in [0.1, 0.15) is 10.4 Å². The molecule has 0 aliphatic rings. The number of nitrogens with zero attached hydrogens (tertiary/aromatic N) is 2. The first kappa shape index (κ1) is 18.8. The van der Waals surface area contributed by atoms with Crippen LogP contribution < -0.4 is 11.5 Å². The van der Waals surface area contributed by atoms with Gasteiger partial charge in [0.1, 0.15) is 0 Å². The number of pyridine rings is 1. The van der Waals surface area contributed by atoms with Crippen molar-refractivity contribution < 1.29 is 9.90 Å². The standard InChI is InChI=1S/C17H13ClN4O2.Li.H/c18-14-8-21-15(22-17(19)20)13-7-10(4-5-12(13)14)9-2-1-3-11(6-9)16(23)24;;/h1-8H,(H,23,24)(H4,19,20,21,22);;. The van der Waals surface area contributed by atoms with Crippen molar-refractivity contribution >= 4 is 59.0 Å². The van der Waals surface area contributed by atoms with Gasteiger partial charge in [0.25, 0.3) is 0 Å². The van der Waals surface area contributed by atoms with Crippen molar-refractivity contribution in [2.75, 3.05) is 0 Å². The molecule has 0 aliphatic carbocycles.